The highest BCUT2D eigenvalue weighted by atomic mass is 16.6. The molecule has 0 aromatic carbocycles. The maximum absolute atomic E-state index is 12.8. The van der Waals surface area contributed by atoms with E-state index in [1.165, 1.54) is 51.4 Å². The molecule has 0 saturated heterocycles. The first-order chi connectivity index (χ1) is 32.5. The Hall–Kier alpha value is -3.67. The Balaban J connectivity index is 4.43. The van der Waals surface area contributed by atoms with Crippen LogP contribution in [-0.4, -0.2) is 37.2 Å². The summed E-state index contributed by atoms with van der Waals surface area (Å²) in [5.41, 5.74) is 0. The Morgan fingerprint density at radius 1 is 0.318 bits per heavy atom. The second-order valence-corrected chi connectivity index (χ2v) is 17.7. The molecule has 0 saturated carbocycles. The number of rotatable bonds is 48. The van der Waals surface area contributed by atoms with Crippen molar-refractivity contribution in [3.8, 4) is 0 Å². The SMILES string of the molecule is CC/C=C\C/C=C\C/C=C\C/C=C\C/C=C\CCCCCCCC(=O)OCC(COC(=O)CCCCCCC/C=C\C/C=C\CCC)OC(=O)CCCCCCC/C=C\CCCCCCC. The van der Waals surface area contributed by atoms with Crippen LogP contribution < -0.4 is 0 Å². The lowest BCUT2D eigenvalue weighted by Gasteiger charge is -2.18. The normalized spacial score (nSPS) is 12.8. The van der Waals surface area contributed by atoms with Gasteiger partial charge in [-0.2, -0.15) is 0 Å². The molecule has 0 N–H and O–H groups in total. The Labute approximate surface area is 407 Å². The van der Waals surface area contributed by atoms with Gasteiger partial charge in [-0.25, -0.2) is 0 Å². The molecule has 0 aromatic rings. The van der Waals surface area contributed by atoms with Crippen molar-refractivity contribution in [2.24, 2.45) is 0 Å². The van der Waals surface area contributed by atoms with Gasteiger partial charge in [0.25, 0.3) is 0 Å². The summed E-state index contributed by atoms with van der Waals surface area (Å²) in [7, 11) is 0. The van der Waals surface area contributed by atoms with Crippen LogP contribution in [0.2, 0.25) is 0 Å². The molecule has 0 bridgehead atoms. The summed E-state index contributed by atoms with van der Waals surface area (Å²) in [5.74, 6) is -0.937. The van der Waals surface area contributed by atoms with Gasteiger partial charge in [0.1, 0.15) is 13.2 Å². The number of hydrogen-bond acceptors (Lipinski definition) is 6. The fourth-order valence-corrected chi connectivity index (χ4v) is 7.21. The summed E-state index contributed by atoms with van der Waals surface area (Å²) >= 11 is 0. The lowest BCUT2D eigenvalue weighted by Crippen LogP contribution is -2.30. The van der Waals surface area contributed by atoms with Gasteiger partial charge in [-0.05, 0) is 116 Å². The van der Waals surface area contributed by atoms with E-state index in [1.54, 1.807) is 0 Å². The molecule has 0 aliphatic rings. The fraction of sp³-hybridized carbons (Fsp3) is 0.683. The molecule has 0 fully saturated rings. The van der Waals surface area contributed by atoms with Gasteiger partial charge in [0.05, 0.1) is 0 Å². The minimum absolute atomic E-state index is 0.0953. The van der Waals surface area contributed by atoms with Crippen molar-refractivity contribution in [1.29, 1.82) is 0 Å². The van der Waals surface area contributed by atoms with Crippen LogP contribution in [0.3, 0.4) is 0 Å². The first-order valence-corrected chi connectivity index (χ1v) is 27.2. The minimum Gasteiger partial charge on any atom is -0.462 e. The lowest BCUT2D eigenvalue weighted by atomic mass is 10.1. The Kier molecular flexibility index (Phi) is 50.9. The number of carbonyl (C=O) groups is 3. The summed E-state index contributed by atoms with van der Waals surface area (Å²) in [6.07, 6.45) is 71.0. The summed E-state index contributed by atoms with van der Waals surface area (Å²) < 4.78 is 16.8. The summed E-state index contributed by atoms with van der Waals surface area (Å²) in [4.78, 5) is 38.0. The molecule has 0 radical (unpaired) electrons. The molecule has 0 aromatic heterocycles. The van der Waals surface area contributed by atoms with Crippen molar-refractivity contribution in [2.45, 2.75) is 252 Å². The second-order valence-electron chi connectivity index (χ2n) is 17.7. The van der Waals surface area contributed by atoms with Gasteiger partial charge >= 0.3 is 17.9 Å². The Bertz CT molecular complexity index is 1330. The third-order valence-electron chi connectivity index (χ3n) is 11.3. The molecule has 1 unspecified atom stereocenters. The molecule has 0 aliphatic carbocycles. The highest BCUT2D eigenvalue weighted by Crippen LogP contribution is 2.13. The highest BCUT2D eigenvalue weighted by molar-refractivity contribution is 5.71. The highest BCUT2D eigenvalue weighted by Gasteiger charge is 2.19. The third-order valence-corrected chi connectivity index (χ3v) is 11.3. The van der Waals surface area contributed by atoms with Crippen LogP contribution in [0.25, 0.3) is 0 Å². The molecular formula is C60H100O6. The maximum atomic E-state index is 12.8. The fourth-order valence-electron chi connectivity index (χ4n) is 7.21. The van der Waals surface area contributed by atoms with Crippen LogP contribution in [0.1, 0.15) is 245 Å². The number of ether oxygens (including phenoxy) is 3. The Morgan fingerprint density at radius 2 is 0.621 bits per heavy atom. The smallest absolute Gasteiger partial charge is 0.306 e. The van der Waals surface area contributed by atoms with E-state index in [0.29, 0.717) is 19.3 Å². The topological polar surface area (TPSA) is 78.9 Å². The van der Waals surface area contributed by atoms with Crippen molar-refractivity contribution >= 4 is 17.9 Å². The van der Waals surface area contributed by atoms with Crippen LogP contribution in [0.4, 0.5) is 0 Å². The number of allylic oxidation sites excluding steroid dienone is 16. The molecule has 6 heteroatoms. The van der Waals surface area contributed by atoms with Gasteiger partial charge < -0.3 is 14.2 Å². The largest absolute Gasteiger partial charge is 0.462 e. The van der Waals surface area contributed by atoms with Gasteiger partial charge in [0.2, 0.25) is 0 Å². The summed E-state index contributed by atoms with van der Waals surface area (Å²) in [6.45, 7) is 6.41. The van der Waals surface area contributed by atoms with E-state index >= 15 is 0 Å². The van der Waals surface area contributed by atoms with Gasteiger partial charge in [0, 0.05) is 19.3 Å². The van der Waals surface area contributed by atoms with Crippen LogP contribution in [0.5, 0.6) is 0 Å². The van der Waals surface area contributed by atoms with E-state index < -0.39 is 6.10 Å². The van der Waals surface area contributed by atoms with Gasteiger partial charge in [-0.15, -0.1) is 0 Å². The lowest BCUT2D eigenvalue weighted by molar-refractivity contribution is -0.167. The third kappa shape index (κ3) is 51.3. The maximum Gasteiger partial charge on any atom is 0.306 e. The summed E-state index contributed by atoms with van der Waals surface area (Å²) in [5, 5.41) is 0. The molecule has 0 amide bonds. The number of esters is 3. The van der Waals surface area contributed by atoms with E-state index in [-0.39, 0.29) is 31.1 Å². The van der Waals surface area contributed by atoms with Gasteiger partial charge in [-0.1, -0.05) is 208 Å². The predicted octanol–water partition coefficient (Wildman–Crippen LogP) is 18.1. The van der Waals surface area contributed by atoms with Crippen LogP contribution in [0, 0.1) is 0 Å². The molecular weight excluding hydrogens is 817 g/mol. The van der Waals surface area contributed by atoms with Crippen molar-refractivity contribution in [1.82, 2.24) is 0 Å². The zero-order chi connectivity index (χ0) is 47.9. The molecule has 6 nitrogen and oxygen atoms in total. The molecule has 0 heterocycles. The molecule has 66 heavy (non-hydrogen) atoms. The van der Waals surface area contributed by atoms with Crippen LogP contribution in [-0.2, 0) is 28.6 Å². The quantitative estimate of drug-likeness (QED) is 0.0262. The monoisotopic (exact) mass is 917 g/mol. The molecule has 376 valence electrons. The average Bonchev–Trinajstić information content (AvgIpc) is 3.31. The average molecular weight is 917 g/mol. The van der Waals surface area contributed by atoms with Crippen molar-refractivity contribution in [2.75, 3.05) is 13.2 Å². The van der Waals surface area contributed by atoms with Crippen molar-refractivity contribution in [3.63, 3.8) is 0 Å². The number of hydrogen-bond donors (Lipinski definition) is 0. The molecule has 0 aliphatic heterocycles. The van der Waals surface area contributed by atoms with Crippen molar-refractivity contribution in [3.05, 3.63) is 97.2 Å². The summed E-state index contributed by atoms with van der Waals surface area (Å²) in [6, 6.07) is 0. The molecule has 1 atom stereocenters. The standard InChI is InChI=1S/C60H100O6/c1-4-7-10-13-16-19-22-25-27-28-29-30-31-32-33-36-38-41-44-47-50-53-59(62)65-56-57(55-64-58(61)52-49-46-43-40-37-34-24-21-18-15-12-9-6-3)66-60(63)54-51-48-45-42-39-35-26-23-20-17-14-11-8-5-2/h7,10,12,15-16,19,21,23-27,29-30,32-33,57H,4-6,8-9,11,13-14,17-18,20,22,28,31,34-56H2,1-3H3/b10-7-,15-12-,19-16-,24-21-,26-23-,27-25-,30-29-,33-32-. The van der Waals surface area contributed by atoms with Crippen LogP contribution in [0.15, 0.2) is 97.2 Å². The van der Waals surface area contributed by atoms with Crippen LogP contribution >= 0.6 is 0 Å². The van der Waals surface area contributed by atoms with E-state index in [0.717, 1.165) is 154 Å². The van der Waals surface area contributed by atoms with E-state index in [4.69, 9.17) is 14.2 Å². The first kappa shape index (κ1) is 62.3. The number of carbonyl (C=O) groups excluding carboxylic acids is 3. The zero-order valence-electron chi connectivity index (χ0n) is 42.9. The molecule has 0 rings (SSSR count). The van der Waals surface area contributed by atoms with E-state index in [9.17, 15) is 14.4 Å². The van der Waals surface area contributed by atoms with Crippen molar-refractivity contribution < 1.29 is 28.6 Å². The van der Waals surface area contributed by atoms with Gasteiger partial charge in [0.15, 0.2) is 6.10 Å². The second kappa shape index (κ2) is 53.9. The van der Waals surface area contributed by atoms with E-state index in [2.05, 4.69) is 118 Å². The Morgan fingerprint density at radius 3 is 1.00 bits per heavy atom. The molecule has 0 spiro atoms. The first-order valence-electron chi connectivity index (χ1n) is 27.2. The van der Waals surface area contributed by atoms with E-state index in [1.807, 2.05) is 0 Å². The van der Waals surface area contributed by atoms with Gasteiger partial charge in [-0.3, -0.25) is 14.4 Å². The zero-order valence-corrected chi connectivity index (χ0v) is 42.9. The predicted molar refractivity (Wildman–Crippen MR) is 284 cm³/mol. The minimum atomic E-state index is -0.796. The number of unbranched alkanes of at least 4 members (excludes halogenated alkanes) is 21.